The molecule has 2 N–H and O–H groups in total. The summed E-state index contributed by atoms with van der Waals surface area (Å²) in [4.78, 5) is 0. The Morgan fingerprint density at radius 3 is 2.65 bits per heavy atom. The fraction of sp³-hybridized carbons (Fsp3) is 0.467. The van der Waals surface area contributed by atoms with Crippen molar-refractivity contribution in [3.05, 3.63) is 29.7 Å². The number of hydrogen-bond donors (Lipinski definition) is 2. The zero-order chi connectivity index (χ0) is 14.8. The first-order valence-electron chi connectivity index (χ1n) is 6.72. The van der Waals surface area contributed by atoms with E-state index in [9.17, 15) is 5.11 Å². The van der Waals surface area contributed by atoms with Crippen LogP contribution in [0, 0.1) is 6.92 Å². The molecule has 5 nitrogen and oxygen atoms in total. The third-order valence-corrected chi connectivity index (χ3v) is 2.92. The standard InChI is InChI=1S/C15H21N3O2/c1-10-5-6-11(9-12(10)19)14-18-17-13(20-14)7-8-16-15(2,3)4/h5-6,9,16,19H,7-8H2,1-4H3. The topological polar surface area (TPSA) is 71.2 Å². The van der Waals surface area contributed by atoms with Crippen LogP contribution in [0.5, 0.6) is 5.75 Å². The number of nitrogens with one attached hydrogen (secondary N) is 1. The fourth-order valence-electron chi connectivity index (χ4n) is 1.76. The third-order valence-electron chi connectivity index (χ3n) is 2.92. The summed E-state index contributed by atoms with van der Waals surface area (Å²) in [5.74, 6) is 1.26. The van der Waals surface area contributed by atoms with E-state index in [2.05, 4.69) is 36.3 Å². The number of hydrogen-bond acceptors (Lipinski definition) is 5. The Hall–Kier alpha value is -1.88. The van der Waals surface area contributed by atoms with Gasteiger partial charge in [0.15, 0.2) is 0 Å². The predicted octanol–water partition coefficient (Wildman–Crippen LogP) is 2.68. The third kappa shape index (κ3) is 3.81. The Morgan fingerprint density at radius 1 is 1.25 bits per heavy atom. The van der Waals surface area contributed by atoms with Crippen molar-refractivity contribution in [3.63, 3.8) is 0 Å². The van der Waals surface area contributed by atoms with Gasteiger partial charge < -0.3 is 14.8 Å². The van der Waals surface area contributed by atoms with Crippen molar-refractivity contribution in [1.29, 1.82) is 0 Å². The van der Waals surface area contributed by atoms with Gasteiger partial charge in [0.05, 0.1) is 0 Å². The molecule has 0 saturated heterocycles. The van der Waals surface area contributed by atoms with E-state index >= 15 is 0 Å². The minimum absolute atomic E-state index is 0.0750. The number of aryl methyl sites for hydroxylation is 1. The second kappa shape index (κ2) is 5.63. The Morgan fingerprint density at radius 2 is 2.00 bits per heavy atom. The normalized spacial score (nSPS) is 11.8. The molecule has 0 saturated carbocycles. The van der Waals surface area contributed by atoms with Gasteiger partial charge in [-0.3, -0.25) is 0 Å². The van der Waals surface area contributed by atoms with Crippen molar-refractivity contribution in [2.75, 3.05) is 6.54 Å². The first-order chi connectivity index (χ1) is 9.35. The van der Waals surface area contributed by atoms with Gasteiger partial charge in [-0.25, -0.2) is 0 Å². The quantitative estimate of drug-likeness (QED) is 0.897. The maximum atomic E-state index is 9.70. The van der Waals surface area contributed by atoms with Gasteiger partial charge in [-0.2, -0.15) is 0 Å². The van der Waals surface area contributed by atoms with E-state index in [-0.39, 0.29) is 11.3 Å². The Balaban J connectivity index is 2.03. The number of aromatic nitrogens is 2. The minimum atomic E-state index is 0.0750. The molecule has 1 aromatic heterocycles. The van der Waals surface area contributed by atoms with Crippen molar-refractivity contribution in [2.24, 2.45) is 0 Å². The summed E-state index contributed by atoms with van der Waals surface area (Å²) in [7, 11) is 0. The highest BCUT2D eigenvalue weighted by Gasteiger charge is 2.12. The summed E-state index contributed by atoms with van der Waals surface area (Å²) in [6.45, 7) is 8.96. The summed E-state index contributed by atoms with van der Waals surface area (Å²) in [6, 6.07) is 5.33. The number of aromatic hydroxyl groups is 1. The van der Waals surface area contributed by atoms with Crippen LogP contribution in [0.3, 0.4) is 0 Å². The molecule has 20 heavy (non-hydrogen) atoms. The van der Waals surface area contributed by atoms with Gasteiger partial charge in [-0.1, -0.05) is 6.07 Å². The lowest BCUT2D eigenvalue weighted by molar-refractivity contribution is 0.411. The van der Waals surface area contributed by atoms with E-state index in [0.29, 0.717) is 18.2 Å². The average Bonchev–Trinajstić information content (AvgIpc) is 2.80. The van der Waals surface area contributed by atoms with Crippen LogP contribution in [0.1, 0.15) is 32.2 Å². The smallest absolute Gasteiger partial charge is 0.247 e. The Labute approximate surface area is 119 Å². The molecule has 0 radical (unpaired) electrons. The van der Waals surface area contributed by atoms with Crippen molar-refractivity contribution in [3.8, 4) is 17.2 Å². The highest BCUT2D eigenvalue weighted by Crippen LogP contribution is 2.25. The molecule has 0 bridgehead atoms. The summed E-state index contributed by atoms with van der Waals surface area (Å²) < 4.78 is 5.61. The highest BCUT2D eigenvalue weighted by molar-refractivity contribution is 5.57. The van der Waals surface area contributed by atoms with Gasteiger partial charge in [0, 0.05) is 24.1 Å². The lowest BCUT2D eigenvalue weighted by atomic mass is 10.1. The van der Waals surface area contributed by atoms with Gasteiger partial charge in [0.25, 0.3) is 0 Å². The maximum Gasteiger partial charge on any atom is 0.247 e. The molecule has 0 aliphatic rings. The van der Waals surface area contributed by atoms with Gasteiger partial charge in [0.1, 0.15) is 5.75 Å². The van der Waals surface area contributed by atoms with E-state index in [1.54, 1.807) is 6.07 Å². The Kier molecular flexibility index (Phi) is 4.09. The minimum Gasteiger partial charge on any atom is -0.508 e. The monoisotopic (exact) mass is 275 g/mol. The molecule has 0 unspecified atom stereocenters. The molecule has 0 aliphatic heterocycles. The molecule has 2 rings (SSSR count). The largest absolute Gasteiger partial charge is 0.508 e. The van der Waals surface area contributed by atoms with Gasteiger partial charge in [-0.05, 0) is 45.4 Å². The first-order valence-corrected chi connectivity index (χ1v) is 6.72. The van der Waals surface area contributed by atoms with E-state index in [1.807, 2.05) is 19.1 Å². The summed E-state index contributed by atoms with van der Waals surface area (Å²) >= 11 is 0. The highest BCUT2D eigenvalue weighted by atomic mass is 16.4. The lowest BCUT2D eigenvalue weighted by Crippen LogP contribution is -2.37. The Bertz CT molecular complexity index is 585. The number of phenolic OH excluding ortho intramolecular Hbond substituents is 1. The summed E-state index contributed by atoms with van der Waals surface area (Å²) in [5, 5.41) is 21.1. The SMILES string of the molecule is Cc1ccc(-c2nnc(CCNC(C)(C)C)o2)cc1O. The fourth-order valence-corrected chi connectivity index (χ4v) is 1.76. The van der Waals surface area contributed by atoms with Crippen molar-refractivity contribution in [2.45, 2.75) is 39.7 Å². The second-order valence-corrected chi connectivity index (χ2v) is 5.93. The van der Waals surface area contributed by atoms with Gasteiger partial charge >= 0.3 is 0 Å². The first kappa shape index (κ1) is 14.5. The molecule has 0 fully saturated rings. The number of benzene rings is 1. The van der Waals surface area contributed by atoms with Crippen LogP contribution in [-0.2, 0) is 6.42 Å². The van der Waals surface area contributed by atoms with Crippen LogP contribution in [-0.4, -0.2) is 27.4 Å². The molecular formula is C15H21N3O2. The van der Waals surface area contributed by atoms with Crippen molar-refractivity contribution < 1.29 is 9.52 Å². The van der Waals surface area contributed by atoms with Crippen molar-refractivity contribution >= 4 is 0 Å². The van der Waals surface area contributed by atoms with E-state index in [4.69, 9.17) is 4.42 Å². The van der Waals surface area contributed by atoms with Gasteiger partial charge in [-0.15, -0.1) is 10.2 Å². The van der Waals surface area contributed by atoms with Crippen LogP contribution in [0.25, 0.3) is 11.5 Å². The maximum absolute atomic E-state index is 9.70. The molecule has 0 aliphatic carbocycles. The average molecular weight is 275 g/mol. The molecule has 0 atom stereocenters. The van der Waals surface area contributed by atoms with Crippen LogP contribution >= 0.6 is 0 Å². The van der Waals surface area contributed by atoms with Crippen LogP contribution in [0.15, 0.2) is 22.6 Å². The molecule has 5 heteroatoms. The number of rotatable bonds is 4. The number of phenols is 1. The van der Waals surface area contributed by atoms with Gasteiger partial charge in [0.2, 0.25) is 11.8 Å². The zero-order valence-corrected chi connectivity index (χ0v) is 12.4. The predicted molar refractivity (Wildman–Crippen MR) is 77.6 cm³/mol. The molecular weight excluding hydrogens is 254 g/mol. The van der Waals surface area contributed by atoms with Crippen molar-refractivity contribution in [1.82, 2.24) is 15.5 Å². The zero-order valence-electron chi connectivity index (χ0n) is 12.4. The molecule has 108 valence electrons. The summed E-state index contributed by atoms with van der Waals surface area (Å²) in [5.41, 5.74) is 1.63. The molecule has 0 spiro atoms. The summed E-state index contributed by atoms with van der Waals surface area (Å²) in [6.07, 6.45) is 0.683. The molecule has 0 amide bonds. The van der Waals surface area contributed by atoms with E-state index in [1.165, 1.54) is 0 Å². The van der Waals surface area contributed by atoms with Crippen LogP contribution in [0.2, 0.25) is 0 Å². The van der Waals surface area contributed by atoms with E-state index in [0.717, 1.165) is 17.7 Å². The van der Waals surface area contributed by atoms with Crippen LogP contribution < -0.4 is 5.32 Å². The van der Waals surface area contributed by atoms with Crippen LogP contribution in [0.4, 0.5) is 0 Å². The number of nitrogens with zero attached hydrogens (tertiary/aromatic N) is 2. The molecule has 1 aromatic carbocycles. The molecule has 2 aromatic rings. The van der Waals surface area contributed by atoms with E-state index < -0.39 is 0 Å². The lowest BCUT2D eigenvalue weighted by Gasteiger charge is -2.19. The molecule has 1 heterocycles. The second-order valence-electron chi connectivity index (χ2n) is 5.93.